The predicted molar refractivity (Wildman–Crippen MR) is 68.0 cm³/mol. The molecule has 3 rings (SSSR count). The second-order valence-corrected chi connectivity index (χ2v) is 6.90. The minimum atomic E-state index is -3.06. The molecule has 1 unspecified atom stereocenters. The van der Waals surface area contributed by atoms with Gasteiger partial charge in [-0.15, -0.1) is 0 Å². The first-order chi connectivity index (χ1) is 9.32. The third-order valence-electron chi connectivity index (χ3n) is 5.29. The van der Waals surface area contributed by atoms with Crippen LogP contribution in [0.2, 0.25) is 0 Å². The molecular weight excluding hydrogens is 266 g/mol. The largest absolute Gasteiger partial charge is 0.340 e. The number of amides is 2. The second kappa shape index (κ2) is 4.40. The number of piperidine rings is 1. The molecule has 1 aliphatic heterocycles. The van der Waals surface area contributed by atoms with Gasteiger partial charge in [0, 0.05) is 13.1 Å². The number of alkyl halides is 2. The van der Waals surface area contributed by atoms with Crippen molar-refractivity contribution in [1.29, 1.82) is 0 Å². The van der Waals surface area contributed by atoms with Crippen molar-refractivity contribution in [3.63, 3.8) is 0 Å². The van der Waals surface area contributed by atoms with Crippen LogP contribution in [-0.2, 0) is 9.59 Å². The monoisotopic (exact) mass is 286 g/mol. The lowest BCUT2D eigenvalue weighted by Gasteiger charge is -2.27. The molecule has 0 radical (unpaired) electrons. The number of rotatable bonds is 4. The molecule has 112 valence electrons. The van der Waals surface area contributed by atoms with Gasteiger partial charge in [0.25, 0.3) is 5.91 Å². The number of hydrogen-bond acceptors (Lipinski definition) is 2. The molecule has 4 nitrogen and oxygen atoms in total. The zero-order valence-electron chi connectivity index (χ0n) is 11.7. The summed E-state index contributed by atoms with van der Waals surface area (Å²) in [5.74, 6) is -0.422. The molecule has 2 aliphatic carbocycles. The zero-order chi connectivity index (χ0) is 14.7. The summed E-state index contributed by atoms with van der Waals surface area (Å²) in [5.41, 5.74) is 0.304. The molecule has 6 heteroatoms. The number of likely N-dealkylation sites (tertiary alicyclic amines) is 1. The summed E-state index contributed by atoms with van der Waals surface area (Å²) < 4.78 is 24.7. The number of nitrogens with one attached hydrogen (secondary N) is 1. The number of fused-ring (bicyclic) bond motifs is 1. The highest BCUT2D eigenvalue weighted by Gasteiger charge is 2.63. The van der Waals surface area contributed by atoms with Crippen molar-refractivity contribution < 1.29 is 18.4 Å². The van der Waals surface area contributed by atoms with Gasteiger partial charge in [0.1, 0.15) is 6.04 Å². The van der Waals surface area contributed by atoms with E-state index in [4.69, 9.17) is 0 Å². The Morgan fingerprint density at radius 2 is 1.75 bits per heavy atom. The summed E-state index contributed by atoms with van der Waals surface area (Å²) in [4.78, 5) is 25.3. The van der Waals surface area contributed by atoms with Crippen LogP contribution >= 0.6 is 0 Å². The smallest absolute Gasteiger partial charge is 0.315 e. The third-order valence-corrected chi connectivity index (χ3v) is 5.29. The van der Waals surface area contributed by atoms with Crippen molar-refractivity contribution in [1.82, 2.24) is 10.2 Å². The lowest BCUT2D eigenvalue weighted by Crippen LogP contribution is -2.51. The van der Waals surface area contributed by atoms with E-state index in [0.29, 0.717) is 30.3 Å². The molecule has 20 heavy (non-hydrogen) atoms. The fourth-order valence-electron chi connectivity index (χ4n) is 3.54. The van der Waals surface area contributed by atoms with E-state index in [2.05, 4.69) is 19.2 Å². The van der Waals surface area contributed by atoms with Crippen LogP contribution < -0.4 is 5.32 Å². The maximum absolute atomic E-state index is 12.4. The number of nitrogens with zero attached hydrogens (tertiary/aromatic N) is 1. The number of carbonyl (C=O) groups excluding carboxylic acids is 2. The van der Waals surface area contributed by atoms with Crippen LogP contribution in [0.5, 0.6) is 0 Å². The first kappa shape index (κ1) is 13.8. The average molecular weight is 286 g/mol. The lowest BCUT2D eigenvalue weighted by molar-refractivity contribution is -0.140. The van der Waals surface area contributed by atoms with E-state index in [0.717, 1.165) is 12.8 Å². The van der Waals surface area contributed by atoms with Gasteiger partial charge in [-0.1, -0.05) is 13.8 Å². The van der Waals surface area contributed by atoms with Crippen LogP contribution in [-0.4, -0.2) is 42.3 Å². The van der Waals surface area contributed by atoms with Crippen LogP contribution in [0.25, 0.3) is 0 Å². The van der Waals surface area contributed by atoms with Gasteiger partial charge in [-0.05, 0) is 36.0 Å². The van der Waals surface area contributed by atoms with Gasteiger partial charge >= 0.3 is 6.43 Å². The quantitative estimate of drug-likeness (QED) is 0.846. The van der Waals surface area contributed by atoms with E-state index in [1.54, 1.807) is 4.90 Å². The van der Waals surface area contributed by atoms with Crippen molar-refractivity contribution in [2.45, 2.75) is 39.2 Å². The summed E-state index contributed by atoms with van der Waals surface area (Å²) in [5, 5.41) is 2.23. The Kier molecular flexibility index (Phi) is 3.03. The summed E-state index contributed by atoms with van der Waals surface area (Å²) >= 11 is 0. The highest BCUT2D eigenvalue weighted by Crippen LogP contribution is 2.62. The zero-order valence-corrected chi connectivity index (χ0v) is 11.7. The molecule has 3 fully saturated rings. The van der Waals surface area contributed by atoms with Gasteiger partial charge in [-0.3, -0.25) is 9.59 Å². The highest BCUT2D eigenvalue weighted by molar-refractivity contribution is 5.89. The first-order valence-corrected chi connectivity index (χ1v) is 7.19. The molecule has 0 aromatic carbocycles. The Labute approximate surface area is 116 Å². The van der Waals surface area contributed by atoms with Gasteiger partial charge in [0.2, 0.25) is 5.91 Å². The maximum atomic E-state index is 12.4. The molecule has 0 aromatic rings. The number of hydrogen-bond donors (Lipinski definition) is 1. The van der Waals surface area contributed by atoms with E-state index in [-0.39, 0.29) is 11.8 Å². The highest BCUT2D eigenvalue weighted by atomic mass is 19.3. The molecule has 0 aromatic heterocycles. The number of carbonyl (C=O) groups is 2. The standard InChI is InChI=1S/C14H20F2N2O2/c1-14(2)8-5-18(6-9(8)14)13(20)10(7-3-4-7)17-12(19)11(15)16/h7-11H,3-6H2,1-2H3,(H,17,19)/t8-,9?,10+/m1/s1. The molecule has 2 amide bonds. The van der Waals surface area contributed by atoms with Crippen molar-refractivity contribution >= 4 is 11.8 Å². The minimum absolute atomic E-state index is 0.0372. The molecule has 3 atom stereocenters. The topological polar surface area (TPSA) is 49.4 Å². The molecule has 1 N–H and O–H groups in total. The fourth-order valence-corrected chi connectivity index (χ4v) is 3.54. The molecule has 3 aliphatic rings. The Balaban J connectivity index is 1.61. The van der Waals surface area contributed by atoms with Crippen LogP contribution in [0.1, 0.15) is 26.7 Å². The fraction of sp³-hybridized carbons (Fsp3) is 0.857. The minimum Gasteiger partial charge on any atom is -0.340 e. The van der Waals surface area contributed by atoms with Crippen LogP contribution in [0, 0.1) is 23.2 Å². The van der Waals surface area contributed by atoms with Crippen LogP contribution in [0.15, 0.2) is 0 Å². The molecule has 2 saturated carbocycles. The summed E-state index contributed by atoms with van der Waals surface area (Å²) in [6.07, 6.45) is -1.41. The molecular formula is C14H20F2N2O2. The van der Waals surface area contributed by atoms with Crippen molar-refractivity contribution in [3.8, 4) is 0 Å². The van der Waals surface area contributed by atoms with E-state index >= 15 is 0 Å². The van der Waals surface area contributed by atoms with Gasteiger partial charge < -0.3 is 10.2 Å². The second-order valence-electron chi connectivity index (χ2n) is 6.90. The van der Waals surface area contributed by atoms with Crippen molar-refractivity contribution in [2.75, 3.05) is 13.1 Å². The average Bonchev–Trinajstić information content (AvgIpc) is 3.22. The SMILES string of the molecule is CC1(C)C2CN(C(=O)[C@@H](NC(=O)C(F)F)C3CC3)C[C@H]21. The van der Waals surface area contributed by atoms with E-state index in [1.807, 2.05) is 0 Å². The summed E-state index contributed by atoms with van der Waals surface area (Å²) in [6, 6.07) is -0.753. The maximum Gasteiger partial charge on any atom is 0.315 e. The van der Waals surface area contributed by atoms with Crippen molar-refractivity contribution in [3.05, 3.63) is 0 Å². The Hall–Kier alpha value is -1.20. The van der Waals surface area contributed by atoms with Crippen LogP contribution in [0.4, 0.5) is 8.78 Å². The summed E-state index contributed by atoms with van der Waals surface area (Å²) in [7, 11) is 0. The third kappa shape index (κ3) is 2.19. The molecule has 0 spiro atoms. The Bertz CT molecular complexity index is 434. The summed E-state index contributed by atoms with van der Waals surface area (Å²) in [6.45, 7) is 5.79. The van der Waals surface area contributed by atoms with E-state index < -0.39 is 18.4 Å². The lowest BCUT2D eigenvalue weighted by atomic mass is 10.1. The van der Waals surface area contributed by atoms with Gasteiger partial charge in [0.15, 0.2) is 0 Å². The molecule has 0 bridgehead atoms. The van der Waals surface area contributed by atoms with Crippen molar-refractivity contribution in [2.24, 2.45) is 23.2 Å². The Morgan fingerprint density at radius 3 is 2.20 bits per heavy atom. The Morgan fingerprint density at radius 1 is 1.20 bits per heavy atom. The molecule has 1 heterocycles. The van der Waals surface area contributed by atoms with E-state index in [1.165, 1.54) is 0 Å². The molecule has 1 saturated heterocycles. The van der Waals surface area contributed by atoms with Gasteiger partial charge in [-0.2, -0.15) is 8.78 Å². The first-order valence-electron chi connectivity index (χ1n) is 7.19. The van der Waals surface area contributed by atoms with Gasteiger partial charge in [-0.25, -0.2) is 0 Å². The normalized spacial score (nSPS) is 31.9. The van der Waals surface area contributed by atoms with E-state index in [9.17, 15) is 18.4 Å². The number of halogens is 2. The predicted octanol–water partition coefficient (Wildman–Crippen LogP) is 1.26. The van der Waals surface area contributed by atoms with Gasteiger partial charge in [0.05, 0.1) is 0 Å². The van der Waals surface area contributed by atoms with Crippen LogP contribution in [0.3, 0.4) is 0 Å².